The van der Waals surface area contributed by atoms with Crippen molar-refractivity contribution in [2.45, 2.75) is 32.4 Å². The fraction of sp³-hybridized carbons (Fsp3) is 0.900. The van der Waals surface area contributed by atoms with E-state index in [4.69, 9.17) is 0 Å². The van der Waals surface area contributed by atoms with Gasteiger partial charge in [0.1, 0.15) is 0 Å². The van der Waals surface area contributed by atoms with E-state index in [0.717, 1.165) is 13.0 Å². The van der Waals surface area contributed by atoms with Crippen LogP contribution in [-0.4, -0.2) is 50.6 Å². The molecule has 0 aliphatic heterocycles. The highest BCUT2D eigenvalue weighted by Crippen LogP contribution is 1.94. The van der Waals surface area contributed by atoms with Crippen LogP contribution in [0.5, 0.6) is 0 Å². The van der Waals surface area contributed by atoms with E-state index in [9.17, 15) is 4.79 Å². The quantitative estimate of drug-likeness (QED) is 0.638. The first-order valence-corrected chi connectivity index (χ1v) is 5.09. The number of likely N-dealkylation sites (N-methyl/N-ethyl adjacent to an activating group) is 1. The summed E-state index contributed by atoms with van der Waals surface area (Å²) in [6.45, 7) is 5.02. The zero-order chi connectivity index (χ0) is 11.1. The van der Waals surface area contributed by atoms with Crippen molar-refractivity contribution in [3.8, 4) is 0 Å². The van der Waals surface area contributed by atoms with Crippen LogP contribution in [0.25, 0.3) is 0 Å². The molecular weight excluding hydrogens is 178 g/mol. The third kappa shape index (κ3) is 5.94. The standard InChI is InChI=1S/C10H23N3O/c1-8(6-7-13(4)5)12-9(2)10(14)11-3/h8-9,12H,6-7H2,1-5H3,(H,11,14). The average molecular weight is 201 g/mol. The molecule has 0 aromatic heterocycles. The minimum atomic E-state index is -0.114. The Hall–Kier alpha value is -0.610. The number of rotatable bonds is 6. The second kappa shape index (κ2) is 6.79. The van der Waals surface area contributed by atoms with Crippen LogP contribution < -0.4 is 10.6 Å². The highest BCUT2D eigenvalue weighted by molar-refractivity contribution is 5.80. The summed E-state index contributed by atoms with van der Waals surface area (Å²) in [6.07, 6.45) is 1.05. The lowest BCUT2D eigenvalue weighted by atomic mass is 10.2. The van der Waals surface area contributed by atoms with E-state index in [2.05, 4.69) is 36.6 Å². The Morgan fingerprint density at radius 1 is 1.36 bits per heavy atom. The third-order valence-electron chi connectivity index (χ3n) is 2.18. The van der Waals surface area contributed by atoms with E-state index in [1.54, 1.807) is 7.05 Å². The molecule has 0 fully saturated rings. The van der Waals surface area contributed by atoms with Gasteiger partial charge in [-0.2, -0.15) is 0 Å². The SMILES string of the molecule is CNC(=O)C(C)NC(C)CCN(C)C. The number of nitrogens with zero attached hydrogens (tertiary/aromatic N) is 1. The second-order valence-electron chi connectivity index (χ2n) is 4.00. The van der Waals surface area contributed by atoms with Crippen molar-refractivity contribution >= 4 is 5.91 Å². The molecule has 0 rings (SSSR count). The predicted octanol–water partition coefficient (Wildman–Crippen LogP) is 0.0507. The monoisotopic (exact) mass is 201 g/mol. The molecular formula is C10H23N3O. The number of hydrogen-bond donors (Lipinski definition) is 2. The molecule has 0 saturated heterocycles. The molecule has 84 valence electrons. The van der Waals surface area contributed by atoms with E-state index in [1.165, 1.54) is 0 Å². The van der Waals surface area contributed by atoms with Crippen molar-refractivity contribution in [1.82, 2.24) is 15.5 Å². The summed E-state index contributed by atoms with van der Waals surface area (Å²) in [5.41, 5.74) is 0. The Morgan fingerprint density at radius 2 is 1.93 bits per heavy atom. The lowest BCUT2D eigenvalue weighted by molar-refractivity contribution is -0.122. The number of carbonyl (C=O) groups is 1. The van der Waals surface area contributed by atoms with E-state index in [0.29, 0.717) is 6.04 Å². The Morgan fingerprint density at radius 3 is 2.36 bits per heavy atom. The topological polar surface area (TPSA) is 44.4 Å². The Labute approximate surface area is 87.0 Å². The van der Waals surface area contributed by atoms with Gasteiger partial charge in [0.15, 0.2) is 0 Å². The van der Waals surface area contributed by atoms with Crippen molar-refractivity contribution in [2.75, 3.05) is 27.7 Å². The van der Waals surface area contributed by atoms with Gasteiger partial charge in [-0.05, 0) is 40.9 Å². The maximum absolute atomic E-state index is 11.2. The predicted molar refractivity (Wildman–Crippen MR) is 59.3 cm³/mol. The van der Waals surface area contributed by atoms with Crippen molar-refractivity contribution in [3.63, 3.8) is 0 Å². The Bertz CT molecular complexity index is 171. The van der Waals surface area contributed by atoms with Crippen LogP contribution in [0, 0.1) is 0 Å². The van der Waals surface area contributed by atoms with E-state index in [-0.39, 0.29) is 11.9 Å². The molecule has 2 atom stereocenters. The maximum atomic E-state index is 11.2. The molecule has 0 saturated carbocycles. The second-order valence-corrected chi connectivity index (χ2v) is 4.00. The first kappa shape index (κ1) is 13.4. The van der Waals surface area contributed by atoms with E-state index < -0.39 is 0 Å². The highest BCUT2D eigenvalue weighted by atomic mass is 16.2. The molecule has 4 heteroatoms. The normalized spacial score (nSPS) is 15.3. The van der Waals surface area contributed by atoms with Crippen molar-refractivity contribution in [1.29, 1.82) is 0 Å². The van der Waals surface area contributed by atoms with Crippen LogP contribution in [-0.2, 0) is 4.79 Å². The van der Waals surface area contributed by atoms with Gasteiger partial charge in [-0.3, -0.25) is 4.79 Å². The van der Waals surface area contributed by atoms with Gasteiger partial charge in [0.05, 0.1) is 6.04 Å². The number of carbonyl (C=O) groups excluding carboxylic acids is 1. The van der Waals surface area contributed by atoms with Crippen LogP contribution >= 0.6 is 0 Å². The average Bonchev–Trinajstić information content (AvgIpc) is 2.13. The maximum Gasteiger partial charge on any atom is 0.236 e. The van der Waals surface area contributed by atoms with Crippen LogP contribution in [0.1, 0.15) is 20.3 Å². The molecule has 1 amide bonds. The Balaban J connectivity index is 3.70. The molecule has 0 bridgehead atoms. The van der Waals surface area contributed by atoms with Gasteiger partial charge in [-0.15, -0.1) is 0 Å². The molecule has 14 heavy (non-hydrogen) atoms. The van der Waals surface area contributed by atoms with Crippen LogP contribution in [0.15, 0.2) is 0 Å². The number of nitrogens with one attached hydrogen (secondary N) is 2. The summed E-state index contributed by atoms with van der Waals surface area (Å²) in [7, 11) is 5.76. The number of amides is 1. The van der Waals surface area contributed by atoms with Crippen LogP contribution in [0.3, 0.4) is 0 Å². The zero-order valence-corrected chi connectivity index (χ0v) is 9.92. The third-order valence-corrected chi connectivity index (χ3v) is 2.18. The molecule has 2 N–H and O–H groups in total. The van der Waals surface area contributed by atoms with Gasteiger partial charge in [0.25, 0.3) is 0 Å². The van der Waals surface area contributed by atoms with Crippen molar-refractivity contribution < 1.29 is 4.79 Å². The van der Waals surface area contributed by atoms with Gasteiger partial charge in [0, 0.05) is 13.1 Å². The summed E-state index contributed by atoms with van der Waals surface area (Å²) in [5, 5.41) is 5.87. The summed E-state index contributed by atoms with van der Waals surface area (Å²) in [5.74, 6) is 0.0432. The van der Waals surface area contributed by atoms with Crippen molar-refractivity contribution in [2.24, 2.45) is 0 Å². The fourth-order valence-corrected chi connectivity index (χ4v) is 1.25. The van der Waals surface area contributed by atoms with Gasteiger partial charge in [0.2, 0.25) is 5.91 Å². The number of hydrogen-bond acceptors (Lipinski definition) is 3. The molecule has 0 aromatic rings. The highest BCUT2D eigenvalue weighted by Gasteiger charge is 2.13. The molecule has 0 radical (unpaired) electrons. The Kier molecular flexibility index (Phi) is 6.49. The van der Waals surface area contributed by atoms with Gasteiger partial charge in [-0.1, -0.05) is 0 Å². The minimum Gasteiger partial charge on any atom is -0.358 e. The van der Waals surface area contributed by atoms with Crippen LogP contribution in [0.2, 0.25) is 0 Å². The zero-order valence-electron chi connectivity index (χ0n) is 9.92. The van der Waals surface area contributed by atoms with Gasteiger partial charge >= 0.3 is 0 Å². The molecule has 2 unspecified atom stereocenters. The van der Waals surface area contributed by atoms with Gasteiger partial charge < -0.3 is 15.5 Å². The largest absolute Gasteiger partial charge is 0.358 e. The summed E-state index contributed by atoms with van der Waals surface area (Å²) >= 11 is 0. The van der Waals surface area contributed by atoms with E-state index in [1.807, 2.05) is 6.92 Å². The summed E-state index contributed by atoms with van der Waals surface area (Å²) < 4.78 is 0. The molecule has 0 aromatic carbocycles. The van der Waals surface area contributed by atoms with Crippen LogP contribution in [0.4, 0.5) is 0 Å². The summed E-state index contributed by atoms with van der Waals surface area (Å²) in [4.78, 5) is 13.3. The molecule has 0 heterocycles. The molecule has 4 nitrogen and oxygen atoms in total. The summed E-state index contributed by atoms with van der Waals surface area (Å²) in [6, 6.07) is 0.252. The smallest absolute Gasteiger partial charge is 0.236 e. The van der Waals surface area contributed by atoms with E-state index >= 15 is 0 Å². The molecule has 0 aliphatic rings. The van der Waals surface area contributed by atoms with Gasteiger partial charge in [-0.25, -0.2) is 0 Å². The van der Waals surface area contributed by atoms with Crippen molar-refractivity contribution in [3.05, 3.63) is 0 Å². The fourth-order valence-electron chi connectivity index (χ4n) is 1.25. The molecule has 0 spiro atoms. The lowest BCUT2D eigenvalue weighted by Crippen LogP contribution is -2.45. The molecule has 0 aliphatic carbocycles. The lowest BCUT2D eigenvalue weighted by Gasteiger charge is -2.20. The first-order valence-electron chi connectivity index (χ1n) is 5.09. The first-order chi connectivity index (χ1) is 6.47. The minimum absolute atomic E-state index is 0.0432.